The number of benzene rings is 2. The third-order valence-electron chi connectivity index (χ3n) is 2.80. The van der Waals surface area contributed by atoms with E-state index in [-0.39, 0.29) is 5.97 Å². The van der Waals surface area contributed by atoms with Crippen LogP contribution in [0.15, 0.2) is 42.5 Å². The van der Waals surface area contributed by atoms with Gasteiger partial charge in [-0.25, -0.2) is 0 Å². The number of hydrogen-bond donors (Lipinski definition) is 0. The average Bonchev–Trinajstić information content (AvgIpc) is 2.36. The Balaban J connectivity index is 2.31. The third kappa shape index (κ3) is 3.13. The van der Waals surface area contributed by atoms with Gasteiger partial charge in [-0.05, 0) is 37.6 Å². The molecule has 2 aromatic rings. The van der Waals surface area contributed by atoms with Gasteiger partial charge >= 0.3 is 5.97 Å². The molecular weight excluding hydrogens is 240 g/mol. The lowest BCUT2D eigenvalue weighted by Crippen LogP contribution is -2.03. The first kappa shape index (κ1) is 13.1. The van der Waals surface area contributed by atoms with Crippen molar-refractivity contribution in [2.45, 2.75) is 20.8 Å². The zero-order valence-electron chi connectivity index (χ0n) is 11.3. The molecule has 0 fully saturated rings. The second-order valence-corrected chi connectivity index (χ2v) is 4.34. The molecule has 0 aliphatic carbocycles. The van der Waals surface area contributed by atoms with Crippen molar-refractivity contribution in [1.29, 1.82) is 0 Å². The standard InChI is InChI=1S/C16H16O3/c1-11-7-4-5-8-14(11)19-16-10-6-9-15(12(16)2)18-13(3)17/h4-10H,1-3H3. The van der Waals surface area contributed by atoms with Gasteiger partial charge < -0.3 is 9.47 Å². The van der Waals surface area contributed by atoms with Crippen LogP contribution >= 0.6 is 0 Å². The lowest BCUT2D eigenvalue weighted by molar-refractivity contribution is -0.131. The van der Waals surface area contributed by atoms with Crippen LogP contribution in [0.1, 0.15) is 18.1 Å². The van der Waals surface area contributed by atoms with Gasteiger partial charge in [-0.2, -0.15) is 0 Å². The third-order valence-corrected chi connectivity index (χ3v) is 2.80. The Morgan fingerprint density at radius 2 is 1.53 bits per heavy atom. The summed E-state index contributed by atoms with van der Waals surface area (Å²) >= 11 is 0. The Labute approximate surface area is 112 Å². The minimum atomic E-state index is -0.337. The van der Waals surface area contributed by atoms with Crippen molar-refractivity contribution in [1.82, 2.24) is 0 Å². The molecule has 0 heterocycles. The summed E-state index contributed by atoms with van der Waals surface area (Å²) in [5.41, 5.74) is 1.86. The molecule has 0 spiro atoms. The number of carbonyl (C=O) groups excluding carboxylic acids is 1. The van der Waals surface area contributed by atoms with Crippen molar-refractivity contribution in [3.8, 4) is 17.2 Å². The largest absolute Gasteiger partial charge is 0.457 e. The van der Waals surface area contributed by atoms with E-state index in [0.29, 0.717) is 11.5 Å². The summed E-state index contributed by atoms with van der Waals surface area (Å²) in [4.78, 5) is 11.0. The van der Waals surface area contributed by atoms with Crippen LogP contribution in [-0.4, -0.2) is 5.97 Å². The molecule has 0 N–H and O–H groups in total. The molecule has 19 heavy (non-hydrogen) atoms. The van der Waals surface area contributed by atoms with Crippen molar-refractivity contribution < 1.29 is 14.3 Å². The zero-order valence-corrected chi connectivity index (χ0v) is 11.3. The Morgan fingerprint density at radius 3 is 2.21 bits per heavy atom. The molecule has 98 valence electrons. The topological polar surface area (TPSA) is 35.5 Å². The van der Waals surface area contributed by atoms with Crippen molar-refractivity contribution in [2.24, 2.45) is 0 Å². The highest BCUT2D eigenvalue weighted by molar-refractivity contribution is 5.70. The summed E-state index contributed by atoms with van der Waals surface area (Å²) in [6, 6.07) is 13.2. The Bertz CT molecular complexity index is 603. The molecule has 2 aromatic carbocycles. The highest BCUT2D eigenvalue weighted by Crippen LogP contribution is 2.32. The summed E-state index contributed by atoms with van der Waals surface area (Å²) in [6.07, 6.45) is 0. The van der Waals surface area contributed by atoms with Gasteiger partial charge in [0, 0.05) is 12.5 Å². The fourth-order valence-electron chi connectivity index (χ4n) is 1.76. The van der Waals surface area contributed by atoms with Gasteiger partial charge in [0.05, 0.1) is 0 Å². The van der Waals surface area contributed by atoms with Crippen molar-refractivity contribution >= 4 is 5.97 Å². The van der Waals surface area contributed by atoms with E-state index in [1.807, 2.05) is 44.2 Å². The van der Waals surface area contributed by atoms with Gasteiger partial charge in [0.15, 0.2) is 0 Å². The number of esters is 1. The quantitative estimate of drug-likeness (QED) is 0.614. The van der Waals surface area contributed by atoms with Crippen LogP contribution < -0.4 is 9.47 Å². The zero-order chi connectivity index (χ0) is 13.8. The van der Waals surface area contributed by atoms with Crippen LogP contribution in [0.4, 0.5) is 0 Å². The minimum Gasteiger partial charge on any atom is -0.457 e. The van der Waals surface area contributed by atoms with Gasteiger partial charge in [-0.1, -0.05) is 24.3 Å². The second-order valence-electron chi connectivity index (χ2n) is 4.34. The molecule has 0 radical (unpaired) electrons. The SMILES string of the molecule is CC(=O)Oc1cccc(Oc2ccccc2C)c1C. The van der Waals surface area contributed by atoms with Gasteiger partial charge in [0.2, 0.25) is 0 Å². The number of hydrogen-bond acceptors (Lipinski definition) is 3. The first-order valence-corrected chi connectivity index (χ1v) is 6.09. The Morgan fingerprint density at radius 1 is 0.895 bits per heavy atom. The predicted molar refractivity (Wildman–Crippen MR) is 73.7 cm³/mol. The summed E-state index contributed by atoms with van der Waals surface area (Å²) in [6.45, 7) is 5.24. The van der Waals surface area contributed by atoms with E-state index >= 15 is 0 Å². The minimum absolute atomic E-state index is 0.337. The number of aryl methyl sites for hydroxylation is 1. The summed E-state index contributed by atoms with van der Waals surface area (Å²) < 4.78 is 11.0. The molecule has 0 aliphatic rings. The molecule has 0 bridgehead atoms. The highest BCUT2D eigenvalue weighted by atomic mass is 16.5. The van der Waals surface area contributed by atoms with E-state index in [4.69, 9.17) is 9.47 Å². The van der Waals surface area contributed by atoms with Crippen LogP contribution in [0.5, 0.6) is 17.2 Å². The molecular formula is C16H16O3. The first-order valence-electron chi connectivity index (χ1n) is 6.09. The molecule has 3 nitrogen and oxygen atoms in total. The first-order chi connectivity index (χ1) is 9.08. The van der Waals surface area contributed by atoms with Crippen LogP contribution in [0.2, 0.25) is 0 Å². The maximum atomic E-state index is 11.0. The van der Waals surface area contributed by atoms with Gasteiger partial charge in [0.25, 0.3) is 0 Å². The second kappa shape index (κ2) is 5.57. The van der Waals surface area contributed by atoms with Gasteiger partial charge in [0.1, 0.15) is 17.2 Å². The fraction of sp³-hybridized carbons (Fsp3) is 0.188. The van der Waals surface area contributed by atoms with Crippen molar-refractivity contribution in [2.75, 3.05) is 0 Å². The van der Waals surface area contributed by atoms with Crippen molar-refractivity contribution in [3.05, 3.63) is 53.6 Å². The lowest BCUT2D eigenvalue weighted by Gasteiger charge is -2.13. The highest BCUT2D eigenvalue weighted by Gasteiger charge is 2.09. The van der Waals surface area contributed by atoms with E-state index in [9.17, 15) is 4.79 Å². The summed E-state index contributed by atoms with van der Waals surface area (Å²) in [7, 11) is 0. The van der Waals surface area contributed by atoms with Gasteiger partial charge in [-0.3, -0.25) is 4.79 Å². The number of ether oxygens (including phenoxy) is 2. The van der Waals surface area contributed by atoms with E-state index in [1.165, 1.54) is 6.92 Å². The van der Waals surface area contributed by atoms with E-state index in [1.54, 1.807) is 12.1 Å². The monoisotopic (exact) mass is 256 g/mol. The van der Waals surface area contributed by atoms with Crippen molar-refractivity contribution in [3.63, 3.8) is 0 Å². The fourth-order valence-corrected chi connectivity index (χ4v) is 1.76. The number of carbonyl (C=O) groups is 1. The van der Waals surface area contributed by atoms with Gasteiger partial charge in [-0.15, -0.1) is 0 Å². The number of rotatable bonds is 3. The molecule has 3 heteroatoms. The van der Waals surface area contributed by atoms with Crippen LogP contribution in [0.3, 0.4) is 0 Å². The maximum Gasteiger partial charge on any atom is 0.308 e. The Kier molecular flexibility index (Phi) is 3.85. The molecule has 0 amide bonds. The normalized spacial score (nSPS) is 10.1. The Hall–Kier alpha value is -2.29. The molecule has 2 rings (SSSR count). The molecule has 0 aromatic heterocycles. The molecule has 0 aliphatic heterocycles. The average molecular weight is 256 g/mol. The molecule has 0 saturated carbocycles. The van der Waals surface area contributed by atoms with E-state index in [2.05, 4.69) is 0 Å². The predicted octanol–water partition coefficient (Wildman–Crippen LogP) is 4.02. The lowest BCUT2D eigenvalue weighted by atomic mass is 10.2. The molecule has 0 saturated heterocycles. The molecule has 0 unspecified atom stereocenters. The van der Waals surface area contributed by atoms with Crippen LogP contribution in [-0.2, 0) is 4.79 Å². The smallest absolute Gasteiger partial charge is 0.308 e. The summed E-state index contributed by atoms with van der Waals surface area (Å²) in [5.74, 6) is 1.67. The van der Waals surface area contributed by atoms with E-state index in [0.717, 1.165) is 16.9 Å². The summed E-state index contributed by atoms with van der Waals surface area (Å²) in [5, 5.41) is 0. The van der Waals surface area contributed by atoms with Crippen LogP contribution in [0, 0.1) is 13.8 Å². The molecule has 0 atom stereocenters. The number of para-hydroxylation sites is 1. The maximum absolute atomic E-state index is 11.0. The van der Waals surface area contributed by atoms with E-state index < -0.39 is 0 Å². The van der Waals surface area contributed by atoms with Crippen LogP contribution in [0.25, 0.3) is 0 Å².